The highest BCUT2D eigenvalue weighted by Gasteiger charge is 2.12. The zero-order valence-electron chi connectivity index (χ0n) is 11.6. The molecule has 0 heterocycles. The molecule has 0 unspecified atom stereocenters. The van der Waals surface area contributed by atoms with Gasteiger partial charge in [0.2, 0.25) is 5.91 Å². The minimum atomic E-state index is -0.506. The molecule has 22 heavy (non-hydrogen) atoms. The van der Waals surface area contributed by atoms with Crippen molar-refractivity contribution < 1.29 is 9.72 Å². The number of nitrogens with zero attached hydrogens (tertiary/aromatic N) is 1. The third-order valence-electron chi connectivity index (χ3n) is 3.05. The summed E-state index contributed by atoms with van der Waals surface area (Å²) in [5.41, 5.74) is 1.79. The number of carbonyl (C=O) groups excluding carboxylic acids is 1. The number of rotatable bonds is 4. The van der Waals surface area contributed by atoms with Crippen molar-refractivity contribution in [2.75, 3.05) is 5.32 Å². The van der Waals surface area contributed by atoms with E-state index in [4.69, 9.17) is 23.2 Å². The molecule has 7 heteroatoms. The number of halogens is 2. The van der Waals surface area contributed by atoms with E-state index in [1.54, 1.807) is 31.2 Å². The number of hydrogen-bond acceptors (Lipinski definition) is 3. The molecular formula is C15H12Cl2N2O3. The largest absolute Gasteiger partial charge is 0.325 e. The summed E-state index contributed by atoms with van der Waals surface area (Å²) in [6.07, 6.45) is 0.0963. The van der Waals surface area contributed by atoms with E-state index in [-0.39, 0.29) is 18.0 Å². The molecule has 0 saturated heterocycles. The van der Waals surface area contributed by atoms with E-state index in [1.807, 2.05) is 0 Å². The molecule has 0 aliphatic rings. The number of hydrogen-bond donors (Lipinski definition) is 1. The highest BCUT2D eigenvalue weighted by atomic mass is 35.5. The molecule has 0 aromatic heterocycles. The van der Waals surface area contributed by atoms with Gasteiger partial charge in [0, 0.05) is 12.1 Å². The van der Waals surface area contributed by atoms with Crippen LogP contribution in [0.15, 0.2) is 36.4 Å². The molecule has 5 nitrogen and oxygen atoms in total. The zero-order chi connectivity index (χ0) is 16.3. The number of anilines is 1. The SMILES string of the molecule is Cc1ccc([N+](=O)[O-])cc1NC(=O)Cc1ccc(Cl)c(Cl)c1. The number of nitro benzene ring substituents is 1. The highest BCUT2D eigenvalue weighted by molar-refractivity contribution is 6.42. The van der Waals surface area contributed by atoms with E-state index in [0.717, 1.165) is 5.56 Å². The summed E-state index contributed by atoms with van der Waals surface area (Å²) in [5, 5.41) is 14.2. The van der Waals surface area contributed by atoms with Crippen molar-refractivity contribution in [2.24, 2.45) is 0 Å². The van der Waals surface area contributed by atoms with Gasteiger partial charge in [-0.25, -0.2) is 0 Å². The molecule has 0 bridgehead atoms. The van der Waals surface area contributed by atoms with Gasteiger partial charge >= 0.3 is 0 Å². The summed E-state index contributed by atoms with van der Waals surface area (Å²) < 4.78 is 0. The molecule has 1 amide bonds. The van der Waals surface area contributed by atoms with Crippen LogP contribution in [0.4, 0.5) is 11.4 Å². The Morgan fingerprint density at radius 3 is 2.55 bits per heavy atom. The fourth-order valence-electron chi connectivity index (χ4n) is 1.89. The second kappa shape index (κ2) is 6.77. The Morgan fingerprint density at radius 2 is 1.91 bits per heavy atom. The predicted octanol–water partition coefficient (Wildman–Crippen LogP) is 4.39. The summed E-state index contributed by atoms with van der Waals surface area (Å²) in [7, 11) is 0. The van der Waals surface area contributed by atoms with Crippen molar-refractivity contribution in [3.63, 3.8) is 0 Å². The van der Waals surface area contributed by atoms with Gasteiger partial charge in [-0.2, -0.15) is 0 Å². The minimum absolute atomic E-state index is 0.0737. The van der Waals surface area contributed by atoms with Crippen molar-refractivity contribution in [2.45, 2.75) is 13.3 Å². The molecule has 0 radical (unpaired) electrons. The lowest BCUT2D eigenvalue weighted by atomic mass is 10.1. The lowest BCUT2D eigenvalue weighted by molar-refractivity contribution is -0.384. The first kappa shape index (κ1) is 16.3. The van der Waals surface area contributed by atoms with Crippen molar-refractivity contribution in [3.8, 4) is 0 Å². The van der Waals surface area contributed by atoms with Crippen LogP contribution < -0.4 is 5.32 Å². The summed E-state index contributed by atoms with van der Waals surface area (Å²) in [5.74, 6) is -0.290. The third-order valence-corrected chi connectivity index (χ3v) is 3.79. The van der Waals surface area contributed by atoms with Gasteiger partial charge in [-0.15, -0.1) is 0 Å². The molecule has 0 atom stereocenters. The second-order valence-corrected chi connectivity index (χ2v) is 5.54. The standard InChI is InChI=1S/C15H12Cl2N2O3/c1-9-2-4-11(19(21)22)8-14(9)18-15(20)7-10-3-5-12(16)13(17)6-10/h2-6,8H,7H2,1H3,(H,18,20). The highest BCUT2D eigenvalue weighted by Crippen LogP contribution is 2.24. The first-order chi connectivity index (χ1) is 10.4. The third kappa shape index (κ3) is 3.96. The normalized spacial score (nSPS) is 10.3. The Bertz CT molecular complexity index is 748. The van der Waals surface area contributed by atoms with Gasteiger partial charge in [0.25, 0.3) is 5.69 Å². The molecule has 114 valence electrons. The van der Waals surface area contributed by atoms with E-state index in [2.05, 4.69) is 5.32 Å². The maximum absolute atomic E-state index is 12.1. The molecule has 0 fully saturated rings. The van der Waals surface area contributed by atoms with Gasteiger partial charge in [0.05, 0.1) is 27.1 Å². The van der Waals surface area contributed by atoms with Gasteiger partial charge in [0.1, 0.15) is 0 Å². The molecule has 0 aliphatic heterocycles. The molecule has 2 rings (SSSR count). The van der Waals surface area contributed by atoms with Crippen LogP contribution in [0.3, 0.4) is 0 Å². The van der Waals surface area contributed by atoms with Crippen molar-refractivity contribution >= 4 is 40.5 Å². The van der Waals surface area contributed by atoms with E-state index in [9.17, 15) is 14.9 Å². The predicted molar refractivity (Wildman–Crippen MR) is 86.6 cm³/mol. The minimum Gasteiger partial charge on any atom is -0.325 e. The van der Waals surface area contributed by atoms with Gasteiger partial charge in [-0.1, -0.05) is 35.3 Å². The zero-order valence-corrected chi connectivity index (χ0v) is 13.1. The van der Waals surface area contributed by atoms with Crippen LogP contribution >= 0.6 is 23.2 Å². The van der Waals surface area contributed by atoms with Gasteiger partial charge in [-0.3, -0.25) is 14.9 Å². The molecule has 0 saturated carbocycles. The van der Waals surface area contributed by atoms with Crippen LogP contribution in [0.2, 0.25) is 10.0 Å². The van der Waals surface area contributed by atoms with Crippen LogP contribution in [-0.2, 0) is 11.2 Å². The number of aryl methyl sites for hydroxylation is 1. The smallest absolute Gasteiger partial charge is 0.271 e. The summed E-state index contributed by atoms with van der Waals surface area (Å²) in [4.78, 5) is 22.3. The summed E-state index contributed by atoms with van der Waals surface area (Å²) in [6.45, 7) is 1.76. The fraction of sp³-hybridized carbons (Fsp3) is 0.133. The number of non-ortho nitro benzene ring substituents is 1. The first-order valence-corrected chi connectivity index (χ1v) is 7.11. The summed E-state index contributed by atoms with van der Waals surface area (Å²) in [6, 6.07) is 9.25. The maximum atomic E-state index is 12.1. The fourth-order valence-corrected chi connectivity index (χ4v) is 2.21. The average Bonchev–Trinajstić information content (AvgIpc) is 2.45. The van der Waals surface area contributed by atoms with Crippen LogP contribution in [0.5, 0.6) is 0 Å². The topological polar surface area (TPSA) is 72.2 Å². The van der Waals surface area contributed by atoms with Gasteiger partial charge in [0.15, 0.2) is 0 Å². The van der Waals surface area contributed by atoms with Crippen LogP contribution in [0, 0.1) is 17.0 Å². The monoisotopic (exact) mass is 338 g/mol. The molecular weight excluding hydrogens is 327 g/mol. The van der Waals surface area contributed by atoms with Crippen LogP contribution in [0.1, 0.15) is 11.1 Å². The van der Waals surface area contributed by atoms with Crippen LogP contribution in [-0.4, -0.2) is 10.8 Å². The van der Waals surface area contributed by atoms with E-state index >= 15 is 0 Å². The Kier molecular flexibility index (Phi) is 5.00. The number of benzene rings is 2. The molecule has 2 aromatic carbocycles. The van der Waals surface area contributed by atoms with Crippen molar-refractivity contribution in [1.82, 2.24) is 0 Å². The first-order valence-electron chi connectivity index (χ1n) is 6.35. The Hall–Kier alpha value is -2.11. The number of nitrogens with one attached hydrogen (secondary N) is 1. The Labute approximate surface area is 137 Å². The number of amides is 1. The van der Waals surface area contributed by atoms with E-state index in [1.165, 1.54) is 12.1 Å². The van der Waals surface area contributed by atoms with E-state index < -0.39 is 4.92 Å². The van der Waals surface area contributed by atoms with Crippen molar-refractivity contribution in [3.05, 3.63) is 67.7 Å². The van der Waals surface area contributed by atoms with Crippen molar-refractivity contribution in [1.29, 1.82) is 0 Å². The molecule has 1 N–H and O–H groups in total. The summed E-state index contributed by atoms with van der Waals surface area (Å²) >= 11 is 11.7. The second-order valence-electron chi connectivity index (χ2n) is 4.73. The Morgan fingerprint density at radius 1 is 1.18 bits per heavy atom. The van der Waals surface area contributed by atoms with Gasteiger partial charge in [-0.05, 0) is 30.2 Å². The molecule has 2 aromatic rings. The number of nitro groups is 1. The lowest BCUT2D eigenvalue weighted by Gasteiger charge is -2.09. The molecule has 0 spiro atoms. The Balaban J connectivity index is 2.13. The molecule has 0 aliphatic carbocycles. The van der Waals surface area contributed by atoms with Crippen LogP contribution in [0.25, 0.3) is 0 Å². The maximum Gasteiger partial charge on any atom is 0.271 e. The van der Waals surface area contributed by atoms with Gasteiger partial charge < -0.3 is 5.32 Å². The number of carbonyl (C=O) groups is 1. The quantitative estimate of drug-likeness (QED) is 0.663. The average molecular weight is 339 g/mol. The lowest BCUT2D eigenvalue weighted by Crippen LogP contribution is -2.15. The van der Waals surface area contributed by atoms with E-state index in [0.29, 0.717) is 21.3 Å².